The van der Waals surface area contributed by atoms with Gasteiger partial charge in [-0.3, -0.25) is 4.79 Å². The van der Waals surface area contributed by atoms with E-state index in [1.54, 1.807) is 59.1 Å². The summed E-state index contributed by atoms with van der Waals surface area (Å²) >= 11 is 3.33. The standard InChI is InChI=1S/C25H32N2O4.C24H32N2O4.C22H26BrFN2O2.C22H26F2N2O2/c1-3-31-25(29)20-13-14-22(27-21-7-5-4-6-8-21)23(16-20)26-17-19-11-9-18(10-12-19)15-24(28)30-2;1-3-30-24(28)19-9-10-22(26-20-7-5-4-6-8-20)23(14-19)25-15-17-11-18(16-27)13-21(12-17)29-2;2*1-2-28-22(27)16-8-9-20(26-19-6-4-3-5-7-19)21(12-16)25-14-15-10-17(23)13-18(24)11-15/h9-14,16,21,26-27H,3-8,15,17H2,1-2H3;9-14,20,25-27H,3-8,15-16H2,1-2H3;2*8-13,19,25-26H,2-7,14H2,1H3. The fourth-order valence-corrected chi connectivity index (χ4v) is 15.3. The van der Waals surface area contributed by atoms with Crippen LogP contribution in [0.3, 0.4) is 0 Å². The van der Waals surface area contributed by atoms with E-state index in [1.165, 1.54) is 121 Å². The molecule has 0 amide bonds. The molecule has 0 heterocycles. The normalized spacial score (nSPS) is 14.3. The van der Waals surface area contributed by atoms with Crippen molar-refractivity contribution in [2.75, 3.05) is 83.2 Å². The first-order valence-corrected chi connectivity index (χ1v) is 42.2. The van der Waals surface area contributed by atoms with Gasteiger partial charge in [-0.2, -0.15) is 0 Å². The lowest BCUT2D eigenvalue weighted by Gasteiger charge is -2.25. The molecule has 0 bridgehead atoms. The van der Waals surface area contributed by atoms with Gasteiger partial charge in [0.05, 0.1) is 121 Å². The van der Waals surface area contributed by atoms with Crippen molar-refractivity contribution in [3.8, 4) is 5.75 Å². The van der Waals surface area contributed by atoms with Crippen LogP contribution >= 0.6 is 15.9 Å². The lowest BCUT2D eigenvalue weighted by Crippen LogP contribution is -2.23. The first-order valence-electron chi connectivity index (χ1n) is 41.4. The summed E-state index contributed by atoms with van der Waals surface area (Å²) in [4.78, 5) is 60.1. The molecule has 4 saturated carbocycles. The van der Waals surface area contributed by atoms with Crippen LogP contribution < -0.4 is 47.3 Å². The summed E-state index contributed by atoms with van der Waals surface area (Å²) in [6.07, 6.45) is 24.4. The van der Waals surface area contributed by atoms with Gasteiger partial charge in [0.1, 0.15) is 23.2 Å². The number of methoxy groups -OCH3 is 2. The molecule has 117 heavy (non-hydrogen) atoms. The molecule has 8 aromatic rings. The van der Waals surface area contributed by atoms with E-state index in [9.17, 15) is 42.3 Å². The van der Waals surface area contributed by atoms with Crippen LogP contribution in [0.25, 0.3) is 0 Å². The highest BCUT2D eigenvalue weighted by molar-refractivity contribution is 9.10. The molecule has 0 radical (unpaired) electrons. The number of benzene rings is 8. The first-order chi connectivity index (χ1) is 56.8. The zero-order valence-electron chi connectivity index (χ0n) is 68.4. The molecule has 0 aliphatic heterocycles. The molecule has 0 spiro atoms. The van der Waals surface area contributed by atoms with Gasteiger partial charge < -0.3 is 76.1 Å². The minimum atomic E-state index is -0.613. The minimum Gasteiger partial charge on any atom is -0.497 e. The second kappa shape index (κ2) is 48.3. The van der Waals surface area contributed by atoms with Gasteiger partial charge in [0, 0.05) is 60.9 Å². The topological polar surface area (TPSA) is 257 Å². The maximum atomic E-state index is 13.7. The third kappa shape index (κ3) is 30.2. The van der Waals surface area contributed by atoms with Gasteiger partial charge in [0.25, 0.3) is 0 Å². The lowest BCUT2D eigenvalue weighted by molar-refractivity contribution is -0.139. The number of hydrogen-bond donors (Lipinski definition) is 9. The monoisotopic (exact) mass is 1670 g/mol. The SMILES string of the molecule is CCOC(=O)c1ccc(NC2CCCCC2)c(NCc2cc(CO)cc(OC)c2)c1.CCOC(=O)c1ccc(NC2CCCCC2)c(NCc2cc(F)cc(Br)c2)c1.CCOC(=O)c1ccc(NC2CCCCC2)c(NCc2cc(F)cc(F)c2)c1.CCOC(=O)c1ccc(NC2CCCCC2)c(NCc2ccc(CC(=O)OC)cc2)c1. The van der Waals surface area contributed by atoms with E-state index in [4.69, 9.17) is 28.4 Å². The highest BCUT2D eigenvalue weighted by Crippen LogP contribution is 2.35. The van der Waals surface area contributed by atoms with E-state index in [1.807, 2.05) is 97.1 Å². The number of aliphatic hydroxyl groups is 1. The molecule has 628 valence electrons. The van der Waals surface area contributed by atoms with E-state index in [0.29, 0.717) is 114 Å². The van der Waals surface area contributed by atoms with Gasteiger partial charge in [-0.05, 0) is 228 Å². The molecule has 24 heteroatoms. The molecule has 9 N–H and O–H groups in total. The van der Waals surface area contributed by atoms with Crippen molar-refractivity contribution in [1.82, 2.24) is 0 Å². The number of anilines is 8. The predicted molar refractivity (Wildman–Crippen MR) is 462 cm³/mol. The van der Waals surface area contributed by atoms with Crippen LogP contribution in [0.2, 0.25) is 0 Å². The highest BCUT2D eigenvalue weighted by Gasteiger charge is 2.23. The number of aliphatic hydroxyl groups excluding tert-OH is 1. The number of carbonyl (C=O) groups excluding carboxylic acids is 5. The Morgan fingerprint density at radius 3 is 0.957 bits per heavy atom. The summed E-state index contributed by atoms with van der Waals surface area (Å²) in [7, 11) is 3.01. The maximum absolute atomic E-state index is 13.7. The summed E-state index contributed by atoms with van der Waals surface area (Å²) < 4.78 is 71.9. The van der Waals surface area contributed by atoms with E-state index >= 15 is 0 Å². The smallest absolute Gasteiger partial charge is 0.338 e. The Hall–Kier alpha value is -10.5. The molecule has 12 rings (SSSR count). The predicted octanol–water partition coefficient (Wildman–Crippen LogP) is 21.3. The molecule has 4 fully saturated rings. The Morgan fingerprint density at radius 1 is 0.350 bits per heavy atom. The van der Waals surface area contributed by atoms with Gasteiger partial charge in [-0.15, -0.1) is 0 Å². The van der Waals surface area contributed by atoms with Crippen molar-refractivity contribution in [2.45, 2.75) is 219 Å². The number of carbonyl (C=O) groups is 5. The van der Waals surface area contributed by atoms with Crippen LogP contribution in [0.5, 0.6) is 5.75 Å². The van der Waals surface area contributed by atoms with Crippen molar-refractivity contribution >= 4 is 91.3 Å². The number of rotatable bonds is 32. The Kier molecular flexibility index (Phi) is 37.3. The third-order valence-electron chi connectivity index (χ3n) is 20.8. The van der Waals surface area contributed by atoms with Crippen LogP contribution in [0, 0.1) is 17.5 Å². The average Bonchev–Trinajstić information content (AvgIpc) is 0.856. The molecule has 20 nitrogen and oxygen atoms in total. The Bertz CT molecular complexity index is 4290. The summed E-state index contributed by atoms with van der Waals surface area (Å²) in [6, 6.07) is 45.6. The fraction of sp³-hybridized carbons (Fsp3) is 0.430. The number of ether oxygens (including phenoxy) is 6. The summed E-state index contributed by atoms with van der Waals surface area (Å²) in [5, 5.41) is 37.4. The molecule has 0 atom stereocenters. The van der Waals surface area contributed by atoms with Crippen molar-refractivity contribution in [3.05, 3.63) is 229 Å². The summed E-state index contributed by atoms with van der Waals surface area (Å²) in [5.41, 5.74) is 14.2. The number of halogens is 4. The Balaban J connectivity index is 0.000000178. The van der Waals surface area contributed by atoms with Crippen LogP contribution in [0.15, 0.2) is 156 Å². The van der Waals surface area contributed by atoms with Crippen LogP contribution in [0.4, 0.5) is 58.7 Å². The van der Waals surface area contributed by atoms with Crippen LogP contribution in [-0.2, 0) is 67.7 Å². The second-order valence-electron chi connectivity index (χ2n) is 29.7. The average molecular weight is 1670 g/mol. The van der Waals surface area contributed by atoms with E-state index in [2.05, 4.69) is 58.5 Å². The van der Waals surface area contributed by atoms with E-state index in [-0.39, 0.29) is 49.3 Å². The first kappa shape index (κ1) is 90.5. The molecule has 0 unspecified atom stereocenters. The lowest BCUT2D eigenvalue weighted by atomic mass is 9.95. The molecule has 4 aliphatic rings. The number of esters is 5. The van der Waals surface area contributed by atoms with Crippen LogP contribution in [-0.4, -0.2) is 99.8 Å². The van der Waals surface area contributed by atoms with E-state index < -0.39 is 17.6 Å². The van der Waals surface area contributed by atoms with Crippen molar-refractivity contribution in [2.24, 2.45) is 0 Å². The summed E-state index contributed by atoms with van der Waals surface area (Å²) in [6.45, 7) is 10.3. The Morgan fingerprint density at radius 2 is 0.650 bits per heavy atom. The van der Waals surface area contributed by atoms with Gasteiger partial charge >= 0.3 is 29.8 Å². The summed E-state index contributed by atoms with van der Waals surface area (Å²) in [5.74, 6) is -2.44. The largest absolute Gasteiger partial charge is 0.497 e. The molecule has 8 aromatic carbocycles. The third-order valence-corrected chi connectivity index (χ3v) is 21.3. The van der Waals surface area contributed by atoms with Gasteiger partial charge in [0.2, 0.25) is 0 Å². The quantitative estimate of drug-likeness (QED) is 0.0140. The van der Waals surface area contributed by atoms with Gasteiger partial charge in [0.15, 0.2) is 0 Å². The van der Waals surface area contributed by atoms with Gasteiger partial charge in [-0.1, -0.05) is 123 Å². The van der Waals surface area contributed by atoms with Crippen molar-refractivity contribution in [1.29, 1.82) is 0 Å². The zero-order chi connectivity index (χ0) is 83.3. The van der Waals surface area contributed by atoms with E-state index in [0.717, 1.165) is 112 Å². The number of hydrogen-bond acceptors (Lipinski definition) is 20. The van der Waals surface area contributed by atoms with Crippen LogP contribution in [0.1, 0.15) is 231 Å². The van der Waals surface area contributed by atoms with Crippen molar-refractivity contribution in [3.63, 3.8) is 0 Å². The van der Waals surface area contributed by atoms with Gasteiger partial charge in [-0.25, -0.2) is 32.3 Å². The molecule has 4 aliphatic carbocycles. The molecular weight excluding hydrogens is 1560 g/mol. The minimum absolute atomic E-state index is 0.0446. The second-order valence-corrected chi connectivity index (χ2v) is 30.6. The highest BCUT2D eigenvalue weighted by atomic mass is 79.9. The molecule has 0 aromatic heterocycles. The Labute approximate surface area is 695 Å². The molecular formula is C93H116BrF3N8O12. The zero-order valence-corrected chi connectivity index (χ0v) is 70.0. The fourth-order valence-electron chi connectivity index (χ4n) is 14.8. The number of nitrogens with one attached hydrogen (secondary N) is 8. The molecule has 0 saturated heterocycles. The maximum Gasteiger partial charge on any atom is 0.338 e. The van der Waals surface area contributed by atoms with Crippen molar-refractivity contribution < 1.29 is 70.7 Å².